The zero-order valence-electron chi connectivity index (χ0n) is 12.6. The Hall–Kier alpha value is -2.17. The van der Waals surface area contributed by atoms with Crippen molar-refractivity contribution in [2.24, 2.45) is 0 Å². The molecule has 24 heavy (non-hydrogen) atoms. The molecular weight excluding hydrogens is 390 g/mol. The van der Waals surface area contributed by atoms with Crippen LogP contribution in [0.1, 0.15) is 26.3 Å². The number of aryl methyl sites for hydroxylation is 1. The van der Waals surface area contributed by atoms with E-state index in [1.165, 1.54) is 4.90 Å². The largest absolute Gasteiger partial charge is 0.268 e. The fourth-order valence-electron chi connectivity index (χ4n) is 3.03. The molecule has 5 heteroatoms. The van der Waals surface area contributed by atoms with Gasteiger partial charge in [-0.05, 0) is 48.2 Å². The summed E-state index contributed by atoms with van der Waals surface area (Å²) in [6.07, 6.45) is 0. The van der Waals surface area contributed by atoms with Gasteiger partial charge in [0.25, 0.3) is 11.8 Å². The second-order valence-electron chi connectivity index (χ2n) is 5.74. The summed E-state index contributed by atoms with van der Waals surface area (Å²) in [6.45, 7) is 1.87. The molecule has 0 bridgehead atoms. The molecule has 0 atom stereocenters. The van der Waals surface area contributed by atoms with Gasteiger partial charge in [0.15, 0.2) is 0 Å². The molecule has 0 aliphatic carbocycles. The van der Waals surface area contributed by atoms with Gasteiger partial charge in [-0.25, -0.2) is 4.90 Å². The molecule has 1 heterocycles. The lowest BCUT2D eigenvalue weighted by molar-refractivity contribution is 0.0893. The normalized spacial score (nSPS) is 13.7. The van der Waals surface area contributed by atoms with Crippen LogP contribution in [0.25, 0.3) is 10.8 Å². The first-order valence-electron chi connectivity index (χ1n) is 7.34. The molecule has 0 unspecified atom stereocenters. The lowest BCUT2D eigenvalue weighted by Crippen LogP contribution is -2.40. The van der Waals surface area contributed by atoms with Gasteiger partial charge in [0, 0.05) is 20.4 Å². The highest BCUT2D eigenvalue weighted by molar-refractivity contribution is 9.10. The van der Waals surface area contributed by atoms with Gasteiger partial charge in [0.05, 0.1) is 11.3 Å². The minimum Gasteiger partial charge on any atom is -0.268 e. The minimum absolute atomic E-state index is 0.333. The number of anilines is 1. The first kappa shape index (κ1) is 15.4. The third kappa shape index (κ3) is 2.18. The summed E-state index contributed by atoms with van der Waals surface area (Å²) in [5.74, 6) is -0.676. The van der Waals surface area contributed by atoms with Crippen LogP contribution in [-0.2, 0) is 0 Å². The van der Waals surface area contributed by atoms with E-state index in [1.54, 1.807) is 30.3 Å². The lowest BCUT2D eigenvalue weighted by Gasteiger charge is -2.27. The summed E-state index contributed by atoms with van der Waals surface area (Å²) in [6, 6.07) is 14.3. The van der Waals surface area contributed by atoms with Crippen molar-refractivity contribution in [3.8, 4) is 0 Å². The molecule has 0 saturated carbocycles. The molecule has 0 saturated heterocycles. The molecule has 0 N–H and O–H groups in total. The van der Waals surface area contributed by atoms with Crippen LogP contribution < -0.4 is 4.90 Å². The van der Waals surface area contributed by atoms with Crippen molar-refractivity contribution in [3.63, 3.8) is 0 Å². The molecule has 3 aromatic rings. The molecule has 3 aromatic carbocycles. The Morgan fingerprint density at radius 2 is 1.71 bits per heavy atom. The lowest BCUT2D eigenvalue weighted by atomic mass is 9.93. The SMILES string of the molecule is Cc1ccc(N2C(=O)c3cccc4cc(Br)cc(c34)C2=O)cc1Cl. The van der Waals surface area contributed by atoms with Crippen molar-refractivity contribution >= 4 is 55.8 Å². The molecule has 1 aliphatic rings. The predicted octanol–water partition coefficient (Wildman–Crippen LogP) is 5.36. The number of rotatable bonds is 1. The number of benzene rings is 3. The zero-order valence-corrected chi connectivity index (χ0v) is 15.0. The van der Waals surface area contributed by atoms with E-state index in [2.05, 4.69) is 15.9 Å². The Labute approximate surface area is 152 Å². The average molecular weight is 401 g/mol. The van der Waals surface area contributed by atoms with Crippen LogP contribution >= 0.6 is 27.5 Å². The standard InChI is InChI=1S/C19H11BrClNO2/c1-10-5-6-13(9-16(10)21)22-18(23)14-4-2-3-11-7-12(20)8-15(17(11)14)19(22)24/h2-9H,1H3. The molecule has 0 radical (unpaired) electrons. The number of halogens is 2. The maximum Gasteiger partial charge on any atom is 0.266 e. The highest BCUT2D eigenvalue weighted by Gasteiger charge is 2.34. The Morgan fingerprint density at radius 3 is 2.46 bits per heavy atom. The first-order valence-corrected chi connectivity index (χ1v) is 8.51. The van der Waals surface area contributed by atoms with Crippen LogP contribution in [0, 0.1) is 6.92 Å². The molecule has 118 valence electrons. The van der Waals surface area contributed by atoms with Crippen molar-refractivity contribution in [2.75, 3.05) is 4.90 Å². The Morgan fingerprint density at radius 1 is 0.958 bits per heavy atom. The molecule has 0 fully saturated rings. The highest BCUT2D eigenvalue weighted by atomic mass is 79.9. The van der Waals surface area contributed by atoms with Crippen molar-refractivity contribution in [2.45, 2.75) is 6.92 Å². The van der Waals surface area contributed by atoms with Gasteiger partial charge in [0.2, 0.25) is 0 Å². The quantitative estimate of drug-likeness (QED) is 0.515. The maximum absolute atomic E-state index is 13.0. The molecule has 0 aromatic heterocycles. The van der Waals surface area contributed by atoms with E-state index in [0.717, 1.165) is 15.4 Å². The van der Waals surface area contributed by atoms with Crippen LogP contribution in [0.4, 0.5) is 5.69 Å². The van der Waals surface area contributed by atoms with Crippen molar-refractivity contribution < 1.29 is 9.59 Å². The topological polar surface area (TPSA) is 37.4 Å². The Kier molecular flexibility index (Phi) is 3.48. The molecule has 4 rings (SSSR count). The number of carbonyl (C=O) groups is 2. The monoisotopic (exact) mass is 399 g/mol. The summed E-state index contributed by atoms with van der Waals surface area (Å²) in [4.78, 5) is 27.1. The third-order valence-electron chi connectivity index (χ3n) is 4.22. The fourth-order valence-corrected chi connectivity index (χ4v) is 3.68. The first-order chi connectivity index (χ1) is 11.5. The molecule has 2 amide bonds. The molecule has 1 aliphatic heterocycles. The summed E-state index contributed by atoms with van der Waals surface area (Å²) >= 11 is 9.61. The number of hydrogen-bond donors (Lipinski definition) is 0. The predicted molar refractivity (Wildman–Crippen MR) is 99.0 cm³/mol. The fraction of sp³-hybridized carbons (Fsp3) is 0.0526. The summed E-state index contributed by atoms with van der Waals surface area (Å²) < 4.78 is 0.798. The second-order valence-corrected chi connectivity index (χ2v) is 7.06. The highest BCUT2D eigenvalue weighted by Crippen LogP contribution is 2.35. The van der Waals surface area contributed by atoms with E-state index < -0.39 is 0 Å². The third-order valence-corrected chi connectivity index (χ3v) is 5.09. The van der Waals surface area contributed by atoms with Crippen LogP contribution in [0.5, 0.6) is 0 Å². The molecular formula is C19H11BrClNO2. The van der Waals surface area contributed by atoms with Crippen molar-refractivity contribution in [1.29, 1.82) is 0 Å². The summed E-state index contributed by atoms with van der Waals surface area (Å²) in [5, 5.41) is 2.08. The number of imide groups is 1. The van der Waals surface area contributed by atoms with Crippen LogP contribution in [0.15, 0.2) is 53.0 Å². The minimum atomic E-state index is -0.343. The Balaban J connectivity index is 1.99. The van der Waals surface area contributed by atoms with E-state index in [-0.39, 0.29) is 11.8 Å². The number of carbonyl (C=O) groups excluding carboxylic acids is 2. The van der Waals surface area contributed by atoms with Crippen LogP contribution in [0.2, 0.25) is 5.02 Å². The van der Waals surface area contributed by atoms with Crippen LogP contribution in [-0.4, -0.2) is 11.8 Å². The van der Waals surface area contributed by atoms with E-state index >= 15 is 0 Å². The van der Waals surface area contributed by atoms with E-state index in [4.69, 9.17) is 11.6 Å². The van der Waals surface area contributed by atoms with Gasteiger partial charge in [-0.1, -0.05) is 45.7 Å². The van der Waals surface area contributed by atoms with Gasteiger partial charge in [-0.3, -0.25) is 9.59 Å². The van der Waals surface area contributed by atoms with Gasteiger partial charge < -0.3 is 0 Å². The van der Waals surface area contributed by atoms with Gasteiger partial charge >= 0.3 is 0 Å². The van der Waals surface area contributed by atoms with Gasteiger partial charge in [-0.2, -0.15) is 0 Å². The smallest absolute Gasteiger partial charge is 0.266 e. The van der Waals surface area contributed by atoms with E-state index in [0.29, 0.717) is 27.2 Å². The van der Waals surface area contributed by atoms with Gasteiger partial charge in [-0.15, -0.1) is 0 Å². The zero-order chi connectivity index (χ0) is 17.0. The molecule has 3 nitrogen and oxygen atoms in total. The van der Waals surface area contributed by atoms with Crippen molar-refractivity contribution in [1.82, 2.24) is 0 Å². The van der Waals surface area contributed by atoms with E-state index in [9.17, 15) is 9.59 Å². The van der Waals surface area contributed by atoms with Crippen molar-refractivity contribution in [3.05, 3.63) is 74.7 Å². The average Bonchev–Trinajstić information content (AvgIpc) is 2.55. The second kappa shape index (κ2) is 5.43. The van der Waals surface area contributed by atoms with Gasteiger partial charge in [0.1, 0.15) is 0 Å². The van der Waals surface area contributed by atoms with Crippen LogP contribution in [0.3, 0.4) is 0 Å². The van der Waals surface area contributed by atoms with E-state index in [1.807, 2.05) is 25.1 Å². The summed E-state index contributed by atoms with van der Waals surface area (Å²) in [7, 11) is 0. The number of nitrogens with zero attached hydrogens (tertiary/aromatic N) is 1. The number of amides is 2. The molecule has 0 spiro atoms. The Bertz CT molecular complexity index is 1040. The number of hydrogen-bond acceptors (Lipinski definition) is 2. The summed E-state index contributed by atoms with van der Waals surface area (Å²) in [5.41, 5.74) is 2.39. The maximum atomic E-state index is 13.0.